The molecule has 1 saturated heterocycles. The smallest absolute Gasteiger partial charge is 0.243 e. The zero-order chi connectivity index (χ0) is 21.8. The summed E-state index contributed by atoms with van der Waals surface area (Å²) in [6, 6.07) is 13.6. The molecule has 1 N–H and O–H groups in total. The molecule has 30 heavy (non-hydrogen) atoms. The highest BCUT2D eigenvalue weighted by atomic mass is 16.2. The van der Waals surface area contributed by atoms with Crippen LogP contribution in [0.2, 0.25) is 0 Å². The number of likely N-dealkylation sites (N-methyl/N-ethyl adjacent to an activating group) is 1. The summed E-state index contributed by atoms with van der Waals surface area (Å²) in [5, 5.41) is 2.90. The number of anilines is 2. The van der Waals surface area contributed by atoms with Crippen molar-refractivity contribution in [3.05, 3.63) is 59.2 Å². The fraction of sp³-hybridized carbons (Fsp3) is 0.375. The lowest BCUT2D eigenvalue weighted by Crippen LogP contribution is -2.39. The molecule has 1 atom stereocenters. The molecule has 1 aliphatic rings. The number of nitrogens with one attached hydrogen (secondary N) is 1. The van der Waals surface area contributed by atoms with E-state index in [0.29, 0.717) is 6.54 Å². The minimum absolute atomic E-state index is 0.0527. The Morgan fingerprint density at radius 2 is 1.77 bits per heavy atom. The average Bonchev–Trinajstić information content (AvgIpc) is 3.11. The first-order chi connectivity index (χ1) is 14.3. The summed E-state index contributed by atoms with van der Waals surface area (Å²) >= 11 is 0. The number of hydrogen-bond acceptors (Lipinski definition) is 3. The second kappa shape index (κ2) is 9.11. The number of aryl methyl sites for hydroxylation is 3. The summed E-state index contributed by atoms with van der Waals surface area (Å²) in [6.07, 6.45) is 0.983. The molecule has 3 rings (SSSR count). The van der Waals surface area contributed by atoms with Crippen LogP contribution in [0.5, 0.6) is 0 Å². The second-order valence-corrected chi connectivity index (χ2v) is 7.90. The maximum Gasteiger partial charge on any atom is 0.243 e. The van der Waals surface area contributed by atoms with Crippen LogP contribution >= 0.6 is 0 Å². The van der Waals surface area contributed by atoms with Crippen LogP contribution in [0.25, 0.3) is 0 Å². The lowest BCUT2D eigenvalue weighted by atomic mass is 10.1. The Morgan fingerprint density at radius 1 is 1.10 bits per heavy atom. The van der Waals surface area contributed by atoms with E-state index in [1.165, 1.54) is 4.90 Å². The third-order valence-corrected chi connectivity index (χ3v) is 5.64. The second-order valence-electron chi connectivity index (χ2n) is 7.90. The highest BCUT2D eigenvalue weighted by Crippen LogP contribution is 2.29. The predicted octanol–water partition coefficient (Wildman–Crippen LogP) is 3.32. The van der Waals surface area contributed by atoms with Crippen LogP contribution in [-0.4, -0.2) is 42.8 Å². The molecule has 6 heteroatoms. The Hall–Kier alpha value is -3.15. The van der Waals surface area contributed by atoms with Crippen molar-refractivity contribution in [2.24, 2.45) is 5.92 Å². The number of rotatable bonds is 6. The molecule has 1 fully saturated rings. The van der Waals surface area contributed by atoms with Gasteiger partial charge in [0.25, 0.3) is 0 Å². The molecular formula is C24H29N3O3. The van der Waals surface area contributed by atoms with Crippen molar-refractivity contribution >= 4 is 29.1 Å². The Morgan fingerprint density at radius 3 is 2.43 bits per heavy atom. The molecule has 1 heterocycles. The molecule has 0 aliphatic carbocycles. The van der Waals surface area contributed by atoms with E-state index in [1.807, 2.05) is 63.2 Å². The summed E-state index contributed by atoms with van der Waals surface area (Å²) in [6.45, 7) is 6.21. The number of carbonyl (C=O) groups is 3. The molecule has 0 radical (unpaired) electrons. The summed E-state index contributed by atoms with van der Waals surface area (Å²) in [4.78, 5) is 41.1. The summed E-state index contributed by atoms with van der Waals surface area (Å²) in [5.74, 6) is -0.930. The van der Waals surface area contributed by atoms with Gasteiger partial charge in [0.2, 0.25) is 17.7 Å². The van der Waals surface area contributed by atoms with Crippen LogP contribution in [-0.2, 0) is 20.8 Å². The average molecular weight is 408 g/mol. The van der Waals surface area contributed by atoms with Gasteiger partial charge in [-0.1, -0.05) is 43.3 Å². The maximum atomic E-state index is 12.9. The predicted molar refractivity (Wildman–Crippen MR) is 118 cm³/mol. The van der Waals surface area contributed by atoms with Gasteiger partial charge < -0.3 is 15.1 Å². The van der Waals surface area contributed by atoms with E-state index in [4.69, 9.17) is 0 Å². The van der Waals surface area contributed by atoms with Gasteiger partial charge in [-0.3, -0.25) is 14.4 Å². The van der Waals surface area contributed by atoms with E-state index in [2.05, 4.69) is 5.32 Å². The zero-order valence-electron chi connectivity index (χ0n) is 18.1. The molecule has 0 spiro atoms. The van der Waals surface area contributed by atoms with Crippen molar-refractivity contribution in [3.63, 3.8) is 0 Å². The van der Waals surface area contributed by atoms with Crippen LogP contribution in [0.4, 0.5) is 11.4 Å². The molecule has 0 aromatic heterocycles. The van der Waals surface area contributed by atoms with E-state index in [-0.39, 0.29) is 30.7 Å². The first-order valence-electron chi connectivity index (χ1n) is 10.3. The minimum atomic E-state index is -0.444. The van der Waals surface area contributed by atoms with Crippen LogP contribution in [0, 0.1) is 19.8 Å². The van der Waals surface area contributed by atoms with Gasteiger partial charge in [0.1, 0.15) is 0 Å². The number of para-hydroxylation sites is 2. The summed E-state index contributed by atoms with van der Waals surface area (Å²) in [7, 11) is 1.61. The third-order valence-electron chi connectivity index (χ3n) is 5.64. The Bertz CT molecular complexity index is 950. The Kier molecular flexibility index (Phi) is 6.55. The molecule has 2 aromatic carbocycles. The highest BCUT2D eigenvalue weighted by Gasteiger charge is 2.37. The van der Waals surface area contributed by atoms with E-state index >= 15 is 0 Å². The summed E-state index contributed by atoms with van der Waals surface area (Å²) in [5.41, 5.74) is 4.69. The first-order valence-corrected chi connectivity index (χ1v) is 10.3. The molecule has 1 aliphatic heterocycles. The number of carbonyl (C=O) groups excluding carboxylic acids is 3. The van der Waals surface area contributed by atoms with Crippen LogP contribution in [0.1, 0.15) is 30.0 Å². The Balaban J connectivity index is 1.64. The standard InChI is InChI=1S/C24H29N3O3/c1-5-18-11-6-7-12-20(18)27-14-19(13-22(27)29)24(30)26(4)15-21(28)25-23-16(2)9-8-10-17(23)3/h6-12,19H,5,13-15H2,1-4H3,(H,25,28). The molecule has 2 aromatic rings. The van der Waals surface area contributed by atoms with Crippen molar-refractivity contribution in [1.82, 2.24) is 4.90 Å². The maximum absolute atomic E-state index is 12.9. The van der Waals surface area contributed by atoms with E-state index in [1.54, 1.807) is 11.9 Å². The highest BCUT2D eigenvalue weighted by molar-refractivity contribution is 6.02. The fourth-order valence-corrected chi connectivity index (χ4v) is 3.97. The lowest BCUT2D eigenvalue weighted by Gasteiger charge is -2.22. The van der Waals surface area contributed by atoms with Gasteiger partial charge in [-0.2, -0.15) is 0 Å². The number of amides is 3. The SMILES string of the molecule is CCc1ccccc1N1CC(C(=O)N(C)CC(=O)Nc2c(C)cccc2C)CC1=O. The van der Waals surface area contributed by atoms with Gasteiger partial charge in [-0.25, -0.2) is 0 Å². The lowest BCUT2D eigenvalue weighted by molar-refractivity contribution is -0.137. The molecular weight excluding hydrogens is 378 g/mol. The summed E-state index contributed by atoms with van der Waals surface area (Å²) < 4.78 is 0. The van der Waals surface area contributed by atoms with E-state index in [0.717, 1.165) is 34.5 Å². The van der Waals surface area contributed by atoms with E-state index < -0.39 is 5.92 Å². The molecule has 0 saturated carbocycles. The third kappa shape index (κ3) is 4.53. The topological polar surface area (TPSA) is 69.7 Å². The van der Waals surface area contributed by atoms with Gasteiger partial charge in [-0.15, -0.1) is 0 Å². The number of hydrogen-bond donors (Lipinski definition) is 1. The number of benzene rings is 2. The fourth-order valence-electron chi connectivity index (χ4n) is 3.97. The van der Waals surface area contributed by atoms with Gasteiger partial charge in [0.15, 0.2) is 0 Å². The molecule has 158 valence electrons. The molecule has 6 nitrogen and oxygen atoms in total. The van der Waals surface area contributed by atoms with Gasteiger partial charge in [0, 0.05) is 31.4 Å². The molecule has 1 unspecified atom stereocenters. The van der Waals surface area contributed by atoms with Crippen molar-refractivity contribution in [1.29, 1.82) is 0 Å². The van der Waals surface area contributed by atoms with Gasteiger partial charge in [0.05, 0.1) is 12.5 Å². The monoisotopic (exact) mass is 407 g/mol. The first kappa shape index (κ1) is 21.6. The van der Waals surface area contributed by atoms with E-state index in [9.17, 15) is 14.4 Å². The van der Waals surface area contributed by atoms with Crippen molar-refractivity contribution < 1.29 is 14.4 Å². The quantitative estimate of drug-likeness (QED) is 0.799. The van der Waals surface area contributed by atoms with Crippen molar-refractivity contribution in [2.45, 2.75) is 33.6 Å². The van der Waals surface area contributed by atoms with Crippen LogP contribution in [0.3, 0.4) is 0 Å². The largest absolute Gasteiger partial charge is 0.336 e. The zero-order valence-corrected chi connectivity index (χ0v) is 18.1. The normalized spacial score (nSPS) is 15.9. The molecule has 0 bridgehead atoms. The van der Waals surface area contributed by atoms with Crippen LogP contribution < -0.4 is 10.2 Å². The Labute approximate surface area is 177 Å². The minimum Gasteiger partial charge on any atom is -0.336 e. The van der Waals surface area contributed by atoms with Gasteiger partial charge in [-0.05, 0) is 43.0 Å². The van der Waals surface area contributed by atoms with Gasteiger partial charge >= 0.3 is 0 Å². The van der Waals surface area contributed by atoms with Crippen molar-refractivity contribution in [3.8, 4) is 0 Å². The van der Waals surface area contributed by atoms with Crippen LogP contribution in [0.15, 0.2) is 42.5 Å². The molecule has 3 amide bonds. The number of nitrogens with zero attached hydrogens (tertiary/aromatic N) is 2. The van der Waals surface area contributed by atoms with Crippen molar-refractivity contribution in [2.75, 3.05) is 30.4 Å².